The monoisotopic (exact) mass is 339 g/mol. The number of aliphatic hydroxyl groups is 1. The van der Waals surface area contributed by atoms with Gasteiger partial charge in [0.25, 0.3) is 0 Å². The Morgan fingerprint density at radius 3 is 2.75 bits per heavy atom. The number of aliphatic hydroxyl groups excluding tert-OH is 1. The molecule has 0 radical (unpaired) electrons. The summed E-state index contributed by atoms with van der Waals surface area (Å²) in [5.74, 6) is 0.764. The molecule has 4 nitrogen and oxygen atoms in total. The smallest absolute Gasteiger partial charge is 0.129 e. The molecule has 0 aliphatic heterocycles. The van der Waals surface area contributed by atoms with Gasteiger partial charge in [-0.2, -0.15) is 0 Å². The van der Waals surface area contributed by atoms with Crippen molar-refractivity contribution < 1.29 is 14.3 Å². The summed E-state index contributed by atoms with van der Waals surface area (Å²) in [7, 11) is 0. The second-order valence-corrected chi connectivity index (χ2v) is 5.42. The van der Waals surface area contributed by atoms with E-state index in [1.54, 1.807) is 6.26 Å². The number of nitrogens with one attached hydrogen (secondary N) is 1. The molecular formula is C15H18BrNO3. The SMILES string of the molecule is OC(CNCc1ccc(Br)cc1)COCc1ccco1. The van der Waals surface area contributed by atoms with Crippen molar-refractivity contribution in [1.29, 1.82) is 0 Å². The molecule has 2 aromatic rings. The molecule has 0 saturated heterocycles. The number of halogens is 1. The molecule has 20 heavy (non-hydrogen) atoms. The molecule has 1 atom stereocenters. The van der Waals surface area contributed by atoms with E-state index in [2.05, 4.69) is 21.2 Å². The Hall–Kier alpha value is -1.14. The van der Waals surface area contributed by atoms with Gasteiger partial charge in [0, 0.05) is 17.6 Å². The fourth-order valence-corrected chi connectivity index (χ4v) is 2.00. The van der Waals surface area contributed by atoms with E-state index >= 15 is 0 Å². The minimum Gasteiger partial charge on any atom is -0.467 e. The zero-order chi connectivity index (χ0) is 14.2. The Morgan fingerprint density at radius 1 is 1.25 bits per heavy atom. The van der Waals surface area contributed by atoms with Gasteiger partial charge in [-0.25, -0.2) is 0 Å². The van der Waals surface area contributed by atoms with Crippen LogP contribution >= 0.6 is 15.9 Å². The van der Waals surface area contributed by atoms with Crippen molar-refractivity contribution in [3.8, 4) is 0 Å². The van der Waals surface area contributed by atoms with Gasteiger partial charge in [-0.15, -0.1) is 0 Å². The van der Waals surface area contributed by atoms with Gasteiger partial charge in [-0.05, 0) is 29.8 Å². The van der Waals surface area contributed by atoms with Crippen LogP contribution in [0.15, 0.2) is 51.6 Å². The maximum atomic E-state index is 9.77. The molecule has 0 amide bonds. The fraction of sp³-hybridized carbons (Fsp3) is 0.333. The molecule has 1 heterocycles. The molecule has 2 N–H and O–H groups in total. The highest BCUT2D eigenvalue weighted by atomic mass is 79.9. The summed E-state index contributed by atoms with van der Waals surface area (Å²) in [5, 5.41) is 13.0. The van der Waals surface area contributed by atoms with Gasteiger partial charge >= 0.3 is 0 Å². The van der Waals surface area contributed by atoms with Crippen LogP contribution in [0.3, 0.4) is 0 Å². The molecule has 1 aromatic heterocycles. The second kappa shape index (κ2) is 8.21. The van der Waals surface area contributed by atoms with Crippen LogP contribution in [-0.4, -0.2) is 24.4 Å². The van der Waals surface area contributed by atoms with Crippen LogP contribution in [0.1, 0.15) is 11.3 Å². The molecule has 0 spiro atoms. The van der Waals surface area contributed by atoms with Crippen molar-refractivity contribution >= 4 is 15.9 Å². The Morgan fingerprint density at radius 2 is 2.05 bits per heavy atom. The highest BCUT2D eigenvalue weighted by Gasteiger charge is 2.05. The summed E-state index contributed by atoms with van der Waals surface area (Å²) in [6, 6.07) is 11.7. The molecule has 1 unspecified atom stereocenters. The normalized spacial score (nSPS) is 12.5. The summed E-state index contributed by atoms with van der Waals surface area (Å²) in [6.07, 6.45) is 1.08. The first-order valence-electron chi connectivity index (χ1n) is 6.47. The van der Waals surface area contributed by atoms with E-state index in [-0.39, 0.29) is 6.61 Å². The van der Waals surface area contributed by atoms with Crippen molar-refractivity contribution in [3.05, 3.63) is 58.5 Å². The van der Waals surface area contributed by atoms with Gasteiger partial charge in [-0.3, -0.25) is 0 Å². The van der Waals surface area contributed by atoms with E-state index in [9.17, 15) is 5.11 Å². The van der Waals surface area contributed by atoms with Crippen molar-refractivity contribution in [2.24, 2.45) is 0 Å². The van der Waals surface area contributed by atoms with Crippen LogP contribution in [0.5, 0.6) is 0 Å². The van der Waals surface area contributed by atoms with Crippen molar-refractivity contribution in [3.63, 3.8) is 0 Å². The van der Waals surface area contributed by atoms with E-state index in [0.29, 0.717) is 13.2 Å². The van der Waals surface area contributed by atoms with E-state index in [1.807, 2.05) is 36.4 Å². The number of furan rings is 1. The maximum Gasteiger partial charge on any atom is 0.129 e. The Bertz CT molecular complexity index is 484. The van der Waals surface area contributed by atoms with Crippen LogP contribution in [-0.2, 0) is 17.9 Å². The van der Waals surface area contributed by atoms with Crippen LogP contribution in [0.25, 0.3) is 0 Å². The molecule has 1 aromatic carbocycles. The Balaban J connectivity index is 1.58. The quantitative estimate of drug-likeness (QED) is 0.776. The first-order chi connectivity index (χ1) is 9.74. The van der Waals surface area contributed by atoms with Gasteiger partial charge < -0.3 is 19.6 Å². The highest BCUT2D eigenvalue weighted by molar-refractivity contribution is 9.10. The minimum absolute atomic E-state index is 0.286. The van der Waals surface area contributed by atoms with E-state index < -0.39 is 6.10 Å². The number of benzene rings is 1. The van der Waals surface area contributed by atoms with Gasteiger partial charge in [0.05, 0.1) is 19.0 Å². The van der Waals surface area contributed by atoms with Crippen LogP contribution in [0, 0.1) is 0 Å². The average molecular weight is 340 g/mol. The van der Waals surface area contributed by atoms with Crippen LogP contribution < -0.4 is 5.32 Å². The third-order valence-corrected chi connectivity index (χ3v) is 3.29. The first-order valence-corrected chi connectivity index (χ1v) is 7.26. The number of hydrogen-bond donors (Lipinski definition) is 2. The summed E-state index contributed by atoms with van der Waals surface area (Å²) < 4.78 is 11.6. The van der Waals surface area contributed by atoms with Crippen LogP contribution in [0.4, 0.5) is 0 Å². The Labute approximate surface area is 126 Å². The third kappa shape index (κ3) is 5.46. The lowest BCUT2D eigenvalue weighted by atomic mass is 10.2. The number of rotatable bonds is 8. The third-order valence-electron chi connectivity index (χ3n) is 2.76. The summed E-state index contributed by atoms with van der Waals surface area (Å²) >= 11 is 3.40. The van der Waals surface area contributed by atoms with Gasteiger partial charge in [0.2, 0.25) is 0 Å². The van der Waals surface area contributed by atoms with Crippen molar-refractivity contribution in [2.75, 3.05) is 13.2 Å². The second-order valence-electron chi connectivity index (χ2n) is 4.51. The van der Waals surface area contributed by atoms with Crippen molar-refractivity contribution in [2.45, 2.75) is 19.3 Å². The lowest BCUT2D eigenvalue weighted by Crippen LogP contribution is -2.30. The molecule has 0 fully saturated rings. The minimum atomic E-state index is -0.527. The first kappa shape index (κ1) is 15.3. The lowest BCUT2D eigenvalue weighted by Gasteiger charge is -2.12. The van der Waals surface area contributed by atoms with Crippen molar-refractivity contribution in [1.82, 2.24) is 5.32 Å². The number of hydrogen-bond acceptors (Lipinski definition) is 4. The molecule has 0 aliphatic carbocycles. The summed E-state index contributed by atoms with van der Waals surface area (Å²) in [4.78, 5) is 0. The zero-order valence-corrected chi connectivity index (χ0v) is 12.7. The maximum absolute atomic E-state index is 9.77. The molecule has 5 heteroatoms. The largest absolute Gasteiger partial charge is 0.467 e. The summed E-state index contributed by atoms with van der Waals surface area (Å²) in [5.41, 5.74) is 1.18. The predicted molar refractivity (Wildman–Crippen MR) is 80.2 cm³/mol. The predicted octanol–water partition coefficient (Wildman–Crippen LogP) is 2.71. The number of ether oxygens (including phenoxy) is 1. The molecule has 2 rings (SSSR count). The fourth-order valence-electron chi connectivity index (χ4n) is 1.73. The van der Waals surface area contributed by atoms with Gasteiger partial charge in [-0.1, -0.05) is 28.1 Å². The molecular weight excluding hydrogens is 322 g/mol. The average Bonchev–Trinajstić information content (AvgIpc) is 2.94. The summed E-state index contributed by atoms with van der Waals surface area (Å²) in [6.45, 7) is 1.89. The molecule has 0 aliphatic rings. The van der Waals surface area contributed by atoms with Crippen LogP contribution in [0.2, 0.25) is 0 Å². The lowest BCUT2D eigenvalue weighted by molar-refractivity contribution is 0.0226. The van der Waals surface area contributed by atoms with E-state index in [4.69, 9.17) is 9.15 Å². The van der Waals surface area contributed by atoms with Gasteiger partial charge in [0.1, 0.15) is 12.4 Å². The molecule has 0 saturated carbocycles. The highest BCUT2D eigenvalue weighted by Crippen LogP contribution is 2.10. The topological polar surface area (TPSA) is 54.6 Å². The van der Waals surface area contributed by atoms with E-state index in [1.165, 1.54) is 5.56 Å². The zero-order valence-electron chi connectivity index (χ0n) is 11.1. The van der Waals surface area contributed by atoms with Gasteiger partial charge in [0.15, 0.2) is 0 Å². The Kier molecular flexibility index (Phi) is 6.26. The molecule has 108 valence electrons. The molecule has 0 bridgehead atoms. The van der Waals surface area contributed by atoms with E-state index in [0.717, 1.165) is 16.8 Å². The standard InChI is InChI=1S/C15H18BrNO3/c16-13-5-3-12(4-6-13)8-17-9-14(18)10-19-11-15-2-1-7-20-15/h1-7,14,17-18H,8-11H2.